The van der Waals surface area contributed by atoms with Crippen LogP contribution >= 0.6 is 0 Å². The predicted molar refractivity (Wildman–Crippen MR) is 100 cm³/mol. The Balaban J connectivity index is 6.14. The second-order valence-corrected chi connectivity index (χ2v) is 47.7. The normalized spacial score (nSPS) is 15.0. The van der Waals surface area contributed by atoms with Gasteiger partial charge in [0.15, 0.2) is 0 Å². The molecule has 0 aromatic rings. The number of hydrogen-bond acceptors (Lipinski definition) is 0. The van der Waals surface area contributed by atoms with E-state index in [1.165, 1.54) is 0 Å². The van der Waals surface area contributed by atoms with Crippen molar-refractivity contribution >= 4 is 29.4 Å². The molecule has 0 bridgehead atoms. The molecule has 0 rings (SSSR count). The van der Waals surface area contributed by atoms with Crippen LogP contribution in [-0.2, 0) is 0 Å². The molecule has 0 N–H and O–H groups in total. The van der Waals surface area contributed by atoms with Gasteiger partial charge < -0.3 is 0 Å². The van der Waals surface area contributed by atoms with Crippen LogP contribution in [0.1, 0.15) is 27.7 Å². The third kappa shape index (κ3) is 2.67. The van der Waals surface area contributed by atoms with E-state index in [-0.39, 0.29) is 0 Å². The molecule has 0 aromatic heterocycles. The Bertz CT molecular complexity index is 224. The Labute approximate surface area is 120 Å². The molecule has 4 heteroatoms. The summed E-state index contributed by atoms with van der Waals surface area (Å²) < 4.78 is 0. The van der Waals surface area contributed by atoms with Crippen molar-refractivity contribution in [3.05, 3.63) is 0 Å². The van der Waals surface area contributed by atoms with Gasteiger partial charge in [-0.25, -0.2) is 0 Å². The van der Waals surface area contributed by atoms with E-state index in [4.69, 9.17) is 0 Å². The topological polar surface area (TPSA) is 0 Å². The second-order valence-electron chi connectivity index (χ2n) is 8.08. The van der Waals surface area contributed by atoms with Crippen molar-refractivity contribution < 1.29 is 0 Å². The smallest absolute Gasteiger partial charge is 0.0394 e. The van der Waals surface area contributed by atoms with Crippen molar-refractivity contribution in [3.8, 4) is 0 Å². The molecule has 0 aliphatic carbocycles. The van der Waals surface area contributed by atoms with E-state index in [2.05, 4.69) is 67.0 Å². The summed E-state index contributed by atoms with van der Waals surface area (Å²) in [4.78, 5) is 0. The third-order valence-corrected chi connectivity index (χ3v) is 74.2. The standard InChI is InChI=1S/C14H38Si4/c1-11-17(12-2,15(5,6)7)18(13-3,14-4)16(8,9)10/h11-14H2,1-10H3. The quantitative estimate of drug-likeness (QED) is 0.514. The average molecular weight is 319 g/mol. The summed E-state index contributed by atoms with van der Waals surface area (Å²) in [6, 6.07) is 6.32. The minimum absolute atomic E-state index is 0.989. The van der Waals surface area contributed by atoms with E-state index in [0.717, 1.165) is 0 Å². The van der Waals surface area contributed by atoms with Crippen molar-refractivity contribution in [2.75, 3.05) is 0 Å². The second kappa shape index (κ2) is 6.10. The van der Waals surface area contributed by atoms with Gasteiger partial charge in [-0.2, -0.15) is 0 Å². The van der Waals surface area contributed by atoms with Gasteiger partial charge in [-0.3, -0.25) is 0 Å². The predicted octanol–water partition coefficient (Wildman–Crippen LogP) is 5.88. The fourth-order valence-corrected chi connectivity index (χ4v) is 98.2. The van der Waals surface area contributed by atoms with Gasteiger partial charge in [0.1, 0.15) is 0 Å². The Kier molecular flexibility index (Phi) is 6.39. The molecule has 0 saturated carbocycles. The average Bonchev–Trinajstić information content (AvgIpc) is 2.22. The fraction of sp³-hybridized carbons (Fsp3) is 1.00. The summed E-state index contributed by atoms with van der Waals surface area (Å²) in [5, 5.41) is 0. The van der Waals surface area contributed by atoms with Crippen LogP contribution in [0.4, 0.5) is 0 Å². The van der Waals surface area contributed by atoms with Gasteiger partial charge in [0.2, 0.25) is 0 Å². The third-order valence-electron chi connectivity index (χ3n) is 6.20. The van der Waals surface area contributed by atoms with Crippen LogP contribution in [0.3, 0.4) is 0 Å². The molecule has 0 unspecified atom stereocenters. The highest BCUT2D eigenvalue weighted by molar-refractivity contribution is 7.83. The maximum absolute atomic E-state index is 2.71. The molecular formula is C14H38Si4. The summed E-state index contributed by atoms with van der Waals surface area (Å²) in [6.45, 7) is 26.5. The molecule has 0 nitrogen and oxygen atoms in total. The number of rotatable bonds is 7. The molecular weight excluding hydrogens is 280 g/mol. The maximum Gasteiger partial charge on any atom is 0.0394 e. The first-order valence-electron chi connectivity index (χ1n) is 7.99. The molecule has 0 fully saturated rings. The van der Waals surface area contributed by atoms with Crippen molar-refractivity contribution in [2.45, 2.75) is 91.2 Å². The van der Waals surface area contributed by atoms with E-state index < -0.39 is 29.4 Å². The molecule has 0 heterocycles. The zero-order chi connectivity index (χ0) is 14.8. The number of hydrogen-bond donors (Lipinski definition) is 0. The van der Waals surface area contributed by atoms with Crippen LogP contribution in [0.5, 0.6) is 0 Å². The van der Waals surface area contributed by atoms with Gasteiger partial charge in [-0.1, -0.05) is 91.2 Å². The van der Waals surface area contributed by atoms with Crippen LogP contribution in [0.2, 0.25) is 63.5 Å². The maximum atomic E-state index is 2.71. The van der Waals surface area contributed by atoms with Gasteiger partial charge in [0.25, 0.3) is 0 Å². The first kappa shape index (κ1) is 18.9. The van der Waals surface area contributed by atoms with Crippen LogP contribution in [0, 0.1) is 0 Å². The molecule has 0 saturated heterocycles. The lowest BCUT2D eigenvalue weighted by Crippen LogP contribution is -2.81. The minimum atomic E-state index is -1.02. The summed E-state index contributed by atoms with van der Waals surface area (Å²) in [5.41, 5.74) is 0. The van der Waals surface area contributed by atoms with Crippen LogP contribution < -0.4 is 0 Å². The van der Waals surface area contributed by atoms with E-state index in [9.17, 15) is 0 Å². The largest absolute Gasteiger partial charge is 0.0717 e. The summed E-state index contributed by atoms with van der Waals surface area (Å²) in [7, 11) is -4.02. The van der Waals surface area contributed by atoms with Gasteiger partial charge in [0, 0.05) is 29.4 Å². The lowest BCUT2D eigenvalue weighted by Gasteiger charge is -2.59. The van der Waals surface area contributed by atoms with Crippen LogP contribution in [0.25, 0.3) is 0 Å². The first-order chi connectivity index (χ1) is 7.99. The molecule has 18 heavy (non-hydrogen) atoms. The fourth-order valence-electron chi connectivity index (χ4n) is 5.41. The summed E-state index contributed by atoms with van der Waals surface area (Å²) in [6.07, 6.45) is 0. The van der Waals surface area contributed by atoms with Gasteiger partial charge in [-0.05, 0) is 0 Å². The minimum Gasteiger partial charge on any atom is -0.0717 e. The van der Waals surface area contributed by atoms with E-state index >= 15 is 0 Å². The highest BCUT2D eigenvalue weighted by atomic mass is 29.8. The molecule has 0 amide bonds. The van der Waals surface area contributed by atoms with Gasteiger partial charge in [-0.15, -0.1) is 0 Å². The lowest BCUT2D eigenvalue weighted by atomic mass is 10.9. The SMILES string of the molecule is CC[Si](CC)([Si](C)(C)C)[Si](CC)(CC)[Si](C)(C)C. The van der Waals surface area contributed by atoms with Crippen LogP contribution in [0.15, 0.2) is 0 Å². The Morgan fingerprint density at radius 1 is 0.444 bits per heavy atom. The van der Waals surface area contributed by atoms with Crippen molar-refractivity contribution in [3.63, 3.8) is 0 Å². The molecule has 0 aliphatic rings. The van der Waals surface area contributed by atoms with Crippen molar-refractivity contribution in [1.29, 1.82) is 0 Å². The highest BCUT2D eigenvalue weighted by Gasteiger charge is 2.61. The first-order valence-corrected chi connectivity index (χ1v) is 22.8. The molecule has 0 radical (unpaired) electrons. The monoisotopic (exact) mass is 318 g/mol. The zero-order valence-corrected chi connectivity index (χ0v) is 18.8. The Morgan fingerprint density at radius 3 is 0.667 bits per heavy atom. The molecule has 0 spiro atoms. The van der Waals surface area contributed by atoms with Gasteiger partial charge >= 0.3 is 0 Å². The van der Waals surface area contributed by atoms with E-state index in [1.54, 1.807) is 24.2 Å². The van der Waals surface area contributed by atoms with Crippen molar-refractivity contribution in [1.82, 2.24) is 0 Å². The Hall–Kier alpha value is 0.868. The Morgan fingerprint density at radius 2 is 0.611 bits per heavy atom. The highest BCUT2D eigenvalue weighted by Crippen LogP contribution is 2.44. The molecule has 0 aromatic carbocycles. The molecule has 0 aliphatic heterocycles. The van der Waals surface area contributed by atoms with Crippen LogP contribution in [-0.4, -0.2) is 29.4 Å². The molecule has 110 valence electrons. The summed E-state index contributed by atoms with van der Waals surface area (Å²) >= 11 is 0. The van der Waals surface area contributed by atoms with E-state index in [1.807, 2.05) is 0 Å². The lowest BCUT2D eigenvalue weighted by molar-refractivity contribution is 1.25. The van der Waals surface area contributed by atoms with E-state index in [0.29, 0.717) is 0 Å². The summed E-state index contributed by atoms with van der Waals surface area (Å²) in [5.74, 6) is 0. The zero-order valence-electron chi connectivity index (χ0n) is 14.8. The van der Waals surface area contributed by atoms with Gasteiger partial charge in [0.05, 0.1) is 0 Å². The molecule has 0 atom stereocenters. The van der Waals surface area contributed by atoms with Crippen molar-refractivity contribution in [2.24, 2.45) is 0 Å².